The van der Waals surface area contributed by atoms with Crippen LogP contribution in [-0.4, -0.2) is 77.4 Å². The standard InChI is InChI=1S/C29H39N7O5S/c1-18-10-11-22(33-42(6,39)40)21(13-18)27(37)35-12-8-7-9-24(35)23-15-25-30-19(2)14-26(36(25)32-23)34-16-20(17-34)31-28(38)41-29(3,4)5/h10-11,13-15,20,24,33H,7-9,12,16-17H2,1-6H3,(H,31,38)/t24-/m0/s1. The highest BCUT2D eigenvalue weighted by atomic mass is 32.2. The summed E-state index contributed by atoms with van der Waals surface area (Å²) in [5, 5.41) is 7.85. The number of aromatic nitrogens is 3. The minimum atomic E-state index is -3.57. The van der Waals surface area contributed by atoms with Gasteiger partial charge in [-0.3, -0.25) is 9.52 Å². The van der Waals surface area contributed by atoms with Crippen LogP contribution in [0.5, 0.6) is 0 Å². The van der Waals surface area contributed by atoms with Crippen molar-refractivity contribution in [3.8, 4) is 0 Å². The monoisotopic (exact) mass is 597 g/mol. The quantitative estimate of drug-likeness (QED) is 0.438. The average molecular weight is 598 g/mol. The minimum absolute atomic E-state index is 0.0473. The molecule has 1 atom stereocenters. The van der Waals surface area contributed by atoms with Crippen LogP contribution in [0.4, 0.5) is 16.3 Å². The molecule has 2 aromatic heterocycles. The fraction of sp³-hybridized carbons (Fsp3) is 0.517. The van der Waals surface area contributed by atoms with Crippen LogP contribution in [0.3, 0.4) is 0 Å². The van der Waals surface area contributed by atoms with Crippen molar-refractivity contribution in [3.63, 3.8) is 0 Å². The zero-order valence-corrected chi connectivity index (χ0v) is 25.8. The van der Waals surface area contributed by atoms with Crippen LogP contribution in [0.15, 0.2) is 30.3 Å². The molecule has 0 unspecified atom stereocenters. The molecule has 13 heteroatoms. The Bertz CT molecular complexity index is 1620. The maximum atomic E-state index is 13.9. The number of nitrogens with one attached hydrogen (secondary N) is 2. The smallest absolute Gasteiger partial charge is 0.407 e. The van der Waals surface area contributed by atoms with E-state index in [1.54, 1.807) is 27.6 Å². The van der Waals surface area contributed by atoms with Crippen LogP contribution >= 0.6 is 0 Å². The lowest BCUT2D eigenvalue weighted by Gasteiger charge is -2.41. The predicted octanol–water partition coefficient (Wildman–Crippen LogP) is 3.80. The van der Waals surface area contributed by atoms with Gasteiger partial charge in [0.1, 0.15) is 11.4 Å². The molecular formula is C29H39N7O5S. The van der Waals surface area contributed by atoms with Crippen molar-refractivity contribution in [1.82, 2.24) is 24.8 Å². The van der Waals surface area contributed by atoms with E-state index >= 15 is 0 Å². The second-order valence-electron chi connectivity index (χ2n) is 12.3. The summed E-state index contributed by atoms with van der Waals surface area (Å²) in [6, 6.07) is 8.69. The first-order valence-corrected chi connectivity index (χ1v) is 16.1. The van der Waals surface area contributed by atoms with E-state index in [1.165, 1.54) is 0 Å². The van der Waals surface area contributed by atoms with E-state index in [2.05, 4.69) is 14.9 Å². The molecule has 5 rings (SSSR count). The highest BCUT2D eigenvalue weighted by Crippen LogP contribution is 2.34. The lowest BCUT2D eigenvalue weighted by Crippen LogP contribution is -2.60. The SMILES string of the molecule is Cc1ccc(NS(C)(=O)=O)c(C(=O)N2CCCC[C@H]2c2cc3nc(C)cc(N4CC(NC(=O)OC(C)(C)C)C4)n3n2)c1. The molecule has 0 bridgehead atoms. The van der Waals surface area contributed by atoms with Gasteiger partial charge in [0.2, 0.25) is 10.0 Å². The van der Waals surface area contributed by atoms with Crippen molar-refractivity contribution >= 4 is 39.2 Å². The van der Waals surface area contributed by atoms with Crippen LogP contribution in [0.1, 0.15) is 73.4 Å². The van der Waals surface area contributed by atoms with E-state index in [0.29, 0.717) is 30.8 Å². The molecule has 226 valence electrons. The number of rotatable bonds is 6. The zero-order chi connectivity index (χ0) is 30.4. The largest absolute Gasteiger partial charge is 0.444 e. The van der Waals surface area contributed by atoms with Gasteiger partial charge in [-0.15, -0.1) is 0 Å². The third kappa shape index (κ3) is 6.61. The lowest BCUT2D eigenvalue weighted by atomic mass is 9.97. The molecule has 0 spiro atoms. The van der Waals surface area contributed by atoms with Gasteiger partial charge >= 0.3 is 6.09 Å². The maximum Gasteiger partial charge on any atom is 0.407 e. The van der Waals surface area contributed by atoms with Crippen LogP contribution < -0.4 is 14.9 Å². The zero-order valence-electron chi connectivity index (χ0n) is 25.0. The average Bonchev–Trinajstić information content (AvgIpc) is 3.28. The topological polar surface area (TPSA) is 138 Å². The third-order valence-electron chi connectivity index (χ3n) is 7.29. The molecule has 2 N–H and O–H groups in total. The Labute approximate surface area is 246 Å². The number of carbonyl (C=O) groups is 2. The van der Waals surface area contributed by atoms with Crippen LogP contribution in [0, 0.1) is 13.8 Å². The number of aryl methyl sites for hydroxylation is 2. The Morgan fingerprint density at radius 2 is 1.81 bits per heavy atom. The number of piperidine rings is 1. The summed E-state index contributed by atoms with van der Waals surface area (Å²) >= 11 is 0. The van der Waals surface area contributed by atoms with Gasteiger partial charge < -0.3 is 19.9 Å². The number of alkyl carbamates (subject to hydrolysis) is 1. The molecule has 2 amide bonds. The van der Waals surface area contributed by atoms with Crippen LogP contribution in [0.2, 0.25) is 0 Å². The summed E-state index contributed by atoms with van der Waals surface area (Å²) < 4.78 is 33.7. The molecule has 0 radical (unpaired) electrons. The fourth-order valence-corrected chi connectivity index (χ4v) is 6.06. The Kier molecular flexibility index (Phi) is 7.82. The molecule has 0 aliphatic carbocycles. The Morgan fingerprint density at radius 1 is 1.07 bits per heavy atom. The molecule has 2 aliphatic rings. The molecule has 2 aliphatic heterocycles. The fourth-order valence-electron chi connectivity index (χ4n) is 5.48. The van der Waals surface area contributed by atoms with Crippen molar-refractivity contribution in [3.05, 3.63) is 52.8 Å². The number of fused-ring (bicyclic) bond motifs is 1. The number of sulfonamides is 1. The van der Waals surface area contributed by atoms with Gasteiger partial charge in [-0.25, -0.2) is 18.2 Å². The molecule has 42 heavy (non-hydrogen) atoms. The molecule has 1 aromatic carbocycles. The first-order chi connectivity index (χ1) is 19.7. The Balaban J connectivity index is 1.40. The number of likely N-dealkylation sites (tertiary alicyclic amines) is 1. The normalized spacial score (nSPS) is 18.1. The van der Waals surface area contributed by atoms with Crippen molar-refractivity contribution in [1.29, 1.82) is 0 Å². The molecule has 3 aromatic rings. The summed E-state index contributed by atoms with van der Waals surface area (Å²) in [5.74, 6) is 0.618. The van der Waals surface area contributed by atoms with E-state index in [9.17, 15) is 18.0 Å². The predicted molar refractivity (Wildman–Crippen MR) is 160 cm³/mol. The number of carbonyl (C=O) groups excluding carboxylic acids is 2. The van der Waals surface area contributed by atoms with Gasteiger partial charge in [-0.1, -0.05) is 11.6 Å². The highest BCUT2D eigenvalue weighted by Gasteiger charge is 2.34. The minimum Gasteiger partial charge on any atom is -0.444 e. The number of hydrogen-bond donors (Lipinski definition) is 2. The number of ether oxygens (including phenoxy) is 1. The van der Waals surface area contributed by atoms with Crippen molar-refractivity contribution in [2.24, 2.45) is 0 Å². The molecule has 2 fully saturated rings. The van der Waals surface area contributed by atoms with Crippen LogP contribution in [0.25, 0.3) is 5.65 Å². The lowest BCUT2D eigenvalue weighted by molar-refractivity contribution is 0.0495. The van der Waals surface area contributed by atoms with Crippen molar-refractivity contribution < 1.29 is 22.7 Å². The molecular weight excluding hydrogens is 558 g/mol. The first kappa shape index (κ1) is 29.6. The number of benzene rings is 1. The first-order valence-electron chi connectivity index (χ1n) is 14.2. The van der Waals surface area contributed by atoms with E-state index in [-0.39, 0.29) is 23.7 Å². The Hall–Kier alpha value is -3.87. The maximum absolute atomic E-state index is 13.9. The summed E-state index contributed by atoms with van der Waals surface area (Å²) in [6.07, 6.45) is 3.15. The van der Waals surface area contributed by atoms with Gasteiger partial charge in [-0.05, 0) is 66.0 Å². The summed E-state index contributed by atoms with van der Waals surface area (Å²) in [5.41, 5.74) is 3.12. The van der Waals surface area contributed by atoms with Gasteiger partial charge in [0, 0.05) is 37.5 Å². The molecule has 0 saturated carbocycles. The van der Waals surface area contributed by atoms with E-state index < -0.39 is 21.7 Å². The van der Waals surface area contributed by atoms with E-state index in [1.807, 2.05) is 46.8 Å². The summed E-state index contributed by atoms with van der Waals surface area (Å²) in [6.45, 7) is 11.0. The number of amides is 2. The van der Waals surface area contributed by atoms with Gasteiger partial charge in [0.25, 0.3) is 5.91 Å². The van der Waals surface area contributed by atoms with Crippen molar-refractivity contribution in [2.75, 3.05) is 35.5 Å². The van der Waals surface area contributed by atoms with Gasteiger partial charge in [0.05, 0.1) is 35.3 Å². The molecule has 4 heterocycles. The third-order valence-corrected chi connectivity index (χ3v) is 7.88. The van der Waals surface area contributed by atoms with Crippen molar-refractivity contribution in [2.45, 2.75) is 71.6 Å². The second-order valence-corrected chi connectivity index (χ2v) is 14.0. The van der Waals surface area contributed by atoms with Gasteiger partial charge in [0.15, 0.2) is 5.65 Å². The van der Waals surface area contributed by atoms with E-state index in [4.69, 9.17) is 14.8 Å². The molecule has 2 saturated heterocycles. The van der Waals surface area contributed by atoms with E-state index in [0.717, 1.165) is 48.3 Å². The van der Waals surface area contributed by atoms with Gasteiger partial charge in [-0.2, -0.15) is 9.61 Å². The highest BCUT2D eigenvalue weighted by molar-refractivity contribution is 7.92. The van der Waals surface area contributed by atoms with Crippen LogP contribution in [-0.2, 0) is 14.8 Å². The molecule has 12 nitrogen and oxygen atoms in total. The summed E-state index contributed by atoms with van der Waals surface area (Å²) in [7, 11) is -3.57. The number of nitrogens with zero attached hydrogens (tertiary/aromatic N) is 5. The second kappa shape index (κ2) is 11.1. The number of hydrogen-bond acceptors (Lipinski definition) is 8. The Morgan fingerprint density at radius 3 is 2.50 bits per heavy atom. The summed E-state index contributed by atoms with van der Waals surface area (Å²) in [4.78, 5) is 34.8. The number of anilines is 2.